The maximum Gasteiger partial charge on any atom is 0.298 e. The number of nitrogens with zero attached hydrogens (tertiary/aromatic N) is 3. The molecule has 1 aromatic heterocycles. The molecule has 2 heterocycles. The summed E-state index contributed by atoms with van der Waals surface area (Å²) in [6, 6.07) is 6.42. The lowest BCUT2D eigenvalue weighted by molar-refractivity contribution is 0.0202. The van der Waals surface area contributed by atoms with Crippen LogP contribution in [0, 0.1) is 0 Å². The number of carbonyl (C=O) groups excluding carboxylic acids is 3. The number of amides is 3. The van der Waals surface area contributed by atoms with E-state index in [4.69, 9.17) is 0 Å². The molecule has 1 aliphatic rings. The molecule has 0 unspecified atom stereocenters. The van der Waals surface area contributed by atoms with Crippen LogP contribution in [0.25, 0.3) is 0 Å². The van der Waals surface area contributed by atoms with Gasteiger partial charge < -0.3 is 4.98 Å². The van der Waals surface area contributed by atoms with Gasteiger partial charge in [-0.25, -0.2) is 9.99 Å². The predicted octanol–water partition coefficient (Wildman–Crippen LogP) is 1.47. The fraction of sp³-hybridized carbons (Fsp3) is 0.0769. The van der Waals surface area contributed by atoms with Crippen LogP contribution in [0.3, 0.4) is 0 Å². The van der Waals surface area contributed by atoms with Gasteiger partial charge in [0.2, 0.25) is 0 Å². The Kier molecular flexibility index (Phi) is 3.22. The van der Waals surface area contributed by atoms with Crippen LogP contribution in [0.15, 0.2) is 36.8 Å². The Morgan fingerprint density at radius 2 is 1.86 bits per heavy atom. The van der Waals surface area contributed by atoms with Crippen LogP contribution in [-0.2, 0) is 6.54 Å². The number of hydrazine groups is 1. The summed E-state index contributed by atoms with van der Waals surface area (Å²) in [5.74, 6) is -1.09. The van der Waals surface area contributed by atoms with Crippen LogP contribution in [0.4, 0.5) is 4.79 Å². The largest absolute Gasteiger partial charge is 0.347 e. The Bertz CT molecular complexity index is 694. The lowest BCUT2D eigenvalue weighted by atomic mass is 10.1. The summed E-state index contributed by atoms with van der Waals surface area (Å²) in [4.78, 5) is 43.0. The maximum absolute atomic E-state index is 12.3. The van der Waals surface area contributed by atoms with Crippen molar-refractivity contribution in [1.29, 1.82) is 0 Å². The number of imide groups is 1. The number of imidazole rings is 1. The number of benzene rings is 1. The third-order valence-electron chi connectivity index (χ3n) is 3.11. The van der Waals surface area contributed by atoms with E-state index in [1.54, 1.807) is 24.3 Å². The first-order chi connectivity index (χ1) is 10.1. The lowest BCUT2D eigenvalue weighted by Gasteiger charge is -2.27. The van der Waals surface area contributed by atoms with Crippen molar-refractivity contribution in [3.05, 3.63) is 53.6 Å². The molecule has 2 aromatic rings. The quantitative estimate of drug-likeness (QED) is 0.664. The van der Waals surface area contributed by atoms with Crippen molar-refractivity contribution in [2.24, 2.45) is 0 Å². The molecule has 3 rings (SSSR count). The fourth-order valence-electron chi connectivity index (χ4n) is 2.15. The summed E-state index contributed by atoms with van der Waals surface area (Å²) in [5, 5.41) is 1.07. The molecule has 8 heteroatoms. The van der Waals surface area contributed by atoms with E-state index < -0.39 is 17.1 Å². The van der Waals surface area contributed by atoms with Crippen molar-refractivity contribution in [2.45, 2.75) is 6.54 Å². The van der Waals surface area contributed by atoms with Crippen LogP contribution in [0.1, 0.15) is 26.4 Å². The van der Waals surface area contributed by atoms with Gasteiger partial charge in [0.05, 0.1) is 29.7 Å². The molecule has 106 valence electrons. The van der Waals surface area contributed by atoms with Crippen molar-refractivity contribution in [2.75, 3.05) is 0 Å². The Morgan fingerprint density at radius 1 is 1.24 bits per heavy atom. The number of nitrogens with one attached hydrogen (secondary N) is 1. The van der Waals surface area contributed by atoms with E-state index in [1.807, 2.05) is 0 Å². The first-order valence-electron chi connectivity index (χ1n) is 6.05. The highest BCUT2D eigenvalue weighted by atomic mass is 32.1. The second-order valence-electron chi connectivity index (χ2n) is 4.38. The van der Waals surface area contributed by atoms with Crippen LogP contribution in [0.2, 0.25) is 0 Å². The van der Waals surface area contributed by atoms with Gasteiger partial charge in [-0.05, 0) is 12.1 Å². The second-order valence-corrected chi connectivity index (χ2v) is 4.77. The Hall–Kier alpha value is -2.61. The highest BCUT2D eigenvalue weighted by molar-refractivity contribution is 7.96. The fourth-order valence-corrected chi connectivity index (χ4v) is 2.31. The number of hydrogen-bond acceptors (Lipinski definition) is 4. The third-order valence-corrected chi connectivity index (χ3v) is 3.34. The van der Waals surface area contributed by atoms with Crippen molar-refractivity contribution in [3.8, 4) is 0 Å². The van der Waals surface area contributed by atoms with Gasteiger partial charge in [0, 0.05) is 6.20 Å². The molecule has 0 spiro atoms. The van der Waals surface area contributed by atoms with Crippen molar-refractivity contribution < 1.29 is 14.4 Å². The van der Waals surface area contributed by atoms with Gasteiger partial charge in [-0.3, -0.25) is 14.4 Å². The van der Waals surface area contributed by atoms with E-state index in [0.717, 1.165) is 10.0 Å². The highest BCUT2D eigenvalue weighted by Crippen LogP contribution is 2.25. The van der Waals surface area contributed by atoms with E-state index in [2.05, 4.69) is 22.6 Å². The van der Waals surface area contributed by atoms with Gasteiger partial charge in [-0.15, -0.1) is 0 Å². The number of rotatable bonds is 3. The molecule has 3 amide bonds. The van der Waals surface area contributed by atoms with Crippen LogP contribution >= 0.6 is 12.6 Å². The zero-order valence-corrected chi connectivity index (χ0v) is 11.6. The lowest BCUT2D eigenvalue weighted by Crippen LogP contribution is -2.47. The first-order valence-corrected chi connectivity index (χ1v) is 6.49. The van der Waals surface area contributed by atoms with E-state index in [1.165, 1.54) is 12.5 Å². The van der Waals surface area contributed by atoms with Crippen LogP contribution in [-0.4, -0.2) is 37.0 Å². The number of H-pyrrole nitrogens is 1. The molecule has 1 N–H and O–H groups in total. The predicted molar refractivity (Wildman–Crippen MR) is 75.5 cm³/mol. The van der Waals surface area contributed by atoms with Gasteiger partial charge in [0.1, 0.15) is 0 Å². The average Bonchev–Trinajstić information content (AvgIpc) is 3.06. The SMILES string of the molecule is O=C(S)N(Cc1cnc[nH]1)N1C(=O)c2ccccc2C1=O. The summed E-state index contributed by atoms with van der Waals surface area (Å²) < 4.78 is 0. The molecular weight excluding hydrogens is 292 g/mol. The smallest absolute Gasteiger partial charge is 0.298 e. The van der Waals surface area contributed by atoms with Gasteiger partial charge in [-0.1, -0.05) is 24.8 Å². The molecule has 0 bridgehead atoms. The average molecular weight is 302 g/mol. The van der Waals surface area contributed by atoms with Crippen molar-refractivity contribution in [3.63, 3.8) is 0 Å². The highest BCUT2D eigenvalue weighted by Gasteiger charge is 2.40. The minimum absolute atomic E-state index is 0.00615. The molecule has 7 nitrogen and oxygen atoms in total. The summed E-state index contributed by atoms with van der Waals surface area (Å²) in [6.07, 6.45) is 2.95. The Labute approximate surface area is 125 Å². The number of aromatic nitrogens is 2. The summed E-state index contributed by atoms with van der Waals surface area (Å²) in [7, 11) is 0. The van der Waals surface area contributed by atoms with Gasteiger partial charge in [0.25, 0.3) is 17.1 Å². The number of thiol groups is 1. The zero-order chi connectivity index (χ0) is 15.0. The van der Waals surface area contributed by atoms with Gasteiger partial charge in [0.15, 0.2) is 0 Å². The molecule has 1 aliphatic heterocycles. The van der Waals surface area contributed by atoms with E-state index in [-0.39, 0.29) is 17.7 Å². The summed E-state index contributed by atoms with van der Waals surface area (Å²) >= 11 is 3.75. The monoisotopic (exact) mass is 302 g/mol. The van der Waals surface area contributed by atoms with Crippen LogP contribution in [0.5, 0.6) is 0 Å². The molecule has 0 saturated carbocycles. The number of hydrogen-bond donors (Lipinski definition) is 2. The van der Waals surface area contributed by atoms with Crippen LogP contribution < -0.4 is 0 Å². The van der Waals surface area contributed by atoms with E-state index >= 15 is 0 Å². The molecule has 1 aromatic carbocycles. The third kappa shape index (κ3) is 2.19. The molecule has 0 fully saturated rings. The van der Waals surface area contributed by atoms with Crippen molar-refractivity contribution >= 4 is 29.7 Å². The minimum atomic E-state index is -0.709. The standard InChI is InChI=1S/C13H10N4O3S/c18-11-9-3-1-2-4-10(9)12(19)17(11)16(13(20)21)6-8-5-14-7-15-8/h1-5,7H,6H2,(H,14,15)(H,20,21). The number of aromatic amines is 1. The molecule has 0 aliphatic carbocycles. The normalized spacial score (nSPS) is 13.5. The summed E-state index contributed by atoms with van der Waals surface area (Å²) in [5.41, 5.74) is 1.12. The maximum atomic E-state index is 12.3. The van der Waals surface area contributed by atoms with Gasteiger partial charge >= 0.3 is 0 Å². The first kappa shape index (κ1) is 13.4. The molecular formula is C13H10N4O3S. The number of fused-ring (bicyclic) bond motifs is 1. The minimum Gasteiger partial charge on any atom is -0.347 e. The second kappa shape index (κ2) is 5.06. The molecule has 0 atom stereocenters. The van der Waals surface area contributed by atoms with Gasteiger partial charge in [-0.2, -0.15) is 5.01 Å². The van der Waals surface area contributed by atoms with E-state index in [0.29, 0.717) is 5.69 Å². The zero-order valence-electron chi connectivity index (χ0n) is 10.7. The van der Waals surface area contributed by atoms with Crippen molar-refractivity contribution in [1.82, 2.24) is 20.0 Å². The molecule has 21 heavy (non-hydrogen) atoms. The van der Waals surface area contributed by atoms with E-state index in [9.17, 15) is 14.4 Å². The molecule has 0 radical (unpaired) electrons. The Morgan fingerprint density at radius 3 is 2.33 bits per heavy atom. The summed E-state index contributed by atoms with van der Waals surface area (Å²) in [6.45, 7) is -0.00615. The Balaban J connectivity index is 1.96. The topological polar surface area (TPSA) is 86.4 Å². The number of carbonyl (C=O) groups is 3. The molecule has 0 saturated heterocycles.